The summed E-state index contributed by atoms with van der Waals surface area (Å²) in [6.07, 6.45) is -4.04. The van der Waals surface area contributed by atoms with E-state index in [1.165, 1.54) is 0 Å². The summed E-state index contributed by atoms with van der Waals surface area (Å²) in [7, 11) is 0. The van der Waals surface area contributed by atoms with Gasteiger partial charge in [-0.25, -0.2) is 14.4 Å². The van der Waals surface area contributed by atoms with Crippen LogP contribution >= 0.6 is 11.6 Å². The van der Waals surface area contributed by atoms with Crippen molar-refractivity contribution in [2.45, 2.75) is 26.4 Å². The second-order valence-electron chi connectivity index (χ2n) is 4.48. The summed E-state index contributed by atoms with van der Waals surface area (Å²) in [6.45, 7) is 3.54. The van der Waals surface area contributed by atoms with E-state index in [1.807, 2.05) is 6.92 Å². The number of halogens is 5. The molecule has 2 aromatic rings. The molecule has 1 aromatic carbocycles. The lowest BCUT2D eigenvalue weighted by molar-refractivity contribution is -0.137. The summed E-state index contributed by atoms with van der Waals surface area (Å²) in [6, 6.07) is 2.18. The second kappa shape index (κ2) is 5.60. The molecule has 0 aliphatic carbocycles. The lowest BCUT2D eigenvalue weighted by atomic mass is 10.1. The van der Waals surface area contributed by atoms with Crippen LogP contribution in [0, 0.1) is 12.7 Å². The van der Waals surface area contributed by atoms with Gasteiger partial charge in [-0.2, -0.15) is 13.2 Å². The predicted octanol–water partition coefficient (Wildman–Crippen LogP) is 4.83. The van der Waals surface area contributed by atoms with E-state index in [4.69, 9.17) is 11.6 Å². The smallest absolute Gasteiger partial charge is 0.233 e. The Hall–Kier alpha value is -1.69. The average molecular weight is 319 g/mol. The number of aryl methyl sites for hydroxylation is 1. The van der Waals surface area contributed by atoms with Gasteiger partial charge in [-0.3, -0.25) is 0 Å². The Morgan fingerprint density at radius 2 is 1.81 bits per heavy atom. The van der Waals surface area contributed by atoms with Gasteiger partial charge < -0.3 is 0 Å². The number of aromatic nitrogens is 2. The molecule has 0 saturated heterocycles. The number of rotatable bonds is 2. The van der Waals surface area contributed by atoms with Gasteiger partial charge in [0, 0.05) is 16.8 Å². The number of hydrogen-bond donors (Lipinski definition) is 0. The molecule has 0 radical (unpaired) electrons. The van der Waals surface area contributed by atoms with Crippen LogP contribution in [0.2, 0.25) is 5.15 Å². The van der Waals surface area contributed by atoms with Crippen molar-refractivity contribution >= 4 is 11.6 Å². The Morgan fingerprint density at radius 1 is 1.14 bits per heavy atom. The first-order valence-electron chi connectivity index (χ1n) is 6.13. The molecule has 0 amide bonds. The standard InChI is InChI=1S/C14H11ClF4N2/c1-3-11-7(2)20-13(21-12(11)15)8-4-9(14(17,18)19)6-10(16)5-8/h4-6H,3H2,1-2H3. The molecule has 0 unspecified atom stereocenters. The van der Waals surface area contributed by atoms with Crippen molar-refractivity contribution in [3.05, 3.63) is 46.0 Å². The molecular formula is C14H11ClF4N2. The van der Waals surface area contributed by atoms with Crippen molar-refractivity contribution in [3.63, 3.8) is 0 Å². The zero-order valence-corrected chi connectivity index (χ0v) is 12.0. The van der Waals surface area contributed by atoms with Gasteiger partial charge in [0.1, 0.15) is 11.0 Å². The van der Waals surface area contributed by atoms with E-state index in [2.05, 4.69) is 9.97 Å². The molecule has 1 aromatic heterocycles. The van der Waals surface area contributed by atoms with Gasteiger partial charge in [0.05, 0.1) is 5.56 Å². The Balaban J connectivity index is 2.60. The van der Waals surface area contributed by atoms with Crippen molar-refractivity contribution in [1.29, 1.82) is 0 Å². The highest BCUT2D eigenvalue weighted by Gasteiger charge is 2.31. The summed E-state index contributed by atoms with van der Waals surface area (Å²) in [5, 5.41) is 0.165. The molecule has 112 valence electrons. The van der Waals surface area contributed by atoms with Crippen molar-refractivity contribution in [2.75, 3.05) is 0 Å². The van der Waals surface area contributed by atoms with Crippen LogP contribution in [0.1, 0.15) is 23.7 Å². The normalized spacial score (nSPS) is 11.8. The maximum absolute atomic E-state index is 13.4. The quantitative estimate of drug-likeness (QED) is 0.585. The first-order chi connectivity index (χ1) is 9.72. The minimum atomic E-state index is -4.64. The SMILES string of the molecule is CCc1c(C)nc(-c2cc(F)cc(C(F)(F)F)c2)nc1Cl. The molecule has 0 bridgehead atoms. The highest BCUT2D eigenvalue weighted by Crippen LogP contribution is 2.33. The van der Waals surface area contributed by atoms with Gasteiger partial charge >= 0.3 is 6.18 Å². The van der Waals surface area contributed by atoms with E-state index >= 15 is 0 Å². The summed E-state index contributed by atoms with van der Waals surface area (Å²) in [5.41, 5.74) is 0.127. The van der Waals surface area contributed by atoms with Crippen molar-refractivity contribution in [3.8, 4) is 11.4 Å². The number of nitrogens with zero attached hydrogens (tertiary/aromatic N) is 2. The van der Waals surface area contributed by atoms with Gasteiger partial charge in [-0.15, -0.1) is 0 Å². The highest BCUT2D eigenvalue weighted by molar-refractivity contribution is 6.30. The second-order valence-corrected chi connectivity index (χ2v) is 4.84. The fourth-order valence-corrected chi connectivity index (χ4v) is 2.32. The van der Waals surface area contributed by atoms with Crippen LogP contribution in [-0.4, -0.2) is 9.97 Å². The summed E-state index contributed by atoms with van der Waals surface area (Å²) in [4.78, 5) is 8.07. The van der Waals surface area contributed by atoms with Gasteiger partial charge in [0.25, 0.3) is 0 Å². The Morgan fingerprint density at radius 3 is 2.33 bits per heavy atom. The lowest BCUT2D eigenvalue weighted by Gasteiger charge is -2.11. The van der Waals surface area contributed by atoms with Crippen molar-refractivity contribution in [2.24, 2.45) is 0 Å². The maximum Gasteiger partial charge on any atom is 0.416 e. The highest BCUT2D eigenvalue weighted by atomic mass is 35.5. The lowest BCUT2D eigenvalue weighted by Crippen LogP contribution is -2.06. The van der Waals surface area contributed by atoms with Crippen LogP contribution in [0.4, 0.5) is 17.6 Å². The van der Waals surface area contributed by atoms with E-state index < -0.39 is 17.6 Å². The molecule has 2 nitrogen and oxygen atoms in total. The fraction of sp³-hybridized carbons (Fsp3) is 0.286. The summed E-state index contributed by atoms with van der Waals surface area (Å²) in [5.74, 6) is -1.03. The third-order valence-corrected chi connectivity index (χ3v) is 3.31. The van der Waals surface area contributed by atoms with Gasteiger partial charge in [-0.1, -0.05) is 18.5 Å². The molecule has 0 aliphatic heterocycles. The molecule has 0 atom stereocenters. The van der Waals surface area contributed by atoms with Gasteiger partial charge in [0.15, 0.2) is 5.82 Å². The minimum absolute atomic E-state index is 0.0281. The number of benzene rings is 1. The Kier molecular flexibility index (Phi) is 4.18. The topological polar surface area (TPSA) is 25.8 Å². The first kappa shape index (κ1) is 15.7. The first-order valence-corrected chi connectivity index (χ1v) is 6.51. The minimum Gasteiger partial charge on any atom is -0.233 e. The van der Waals surface area contributed by atoms with E-state index in [9.17, 15) is 17.6 Å². The zero-order chi connectivity index (χ0) is 15.8. The number of hydrogen-bond acceptors (Lipinski definition) is 2. The van der Waals surface area contributed by atoms with Crippen LogP contribution in [0.25, 0.3) is 11.4 Å². The van der Waals surface area contributed by atoms with Crippen LogP contribution in [0.3, 0.4) is 0 Å². The van der Waals surface area contributed by atoms with E-state index in [0.29, 0.717) is 23.7 Å². The maximum atomic E-state index is 13.4. The van der Waals surface area contributed by atoms with E-state index in [0.717, 1.165) is 12.1 Å². The van der Waals surface area contributed by atoms with E-state index in [1.54, 1.807) is 6.92 Å². The molecular weight excluding hydrogens is 308 g/mol. The summed E-state index contributed by atoms with van der Waals surface area (Å²) >= 11 is 5.99. The number of alkyl halides is 3. The average Bonchev–Trinajstić information content (AvgIpc) is 2.36. The molecule has 21 heavy (non-hydrogen) atoms. The Bertz CT molecular complexity index is 660. The van der Waals surface area contributed by atoms with Crippen LogP contribution in [0.15, 0.2) is 18.2 Å². The molecule has 0 spiro atoms. The molecule has 0 fully saturated rings. The van der Waals surface area contributed by atoms with Crippen molar-refractivity contribution < 1.29 is 17.6 Å². The van der Waals surface area contributed by atoms with Gasteiger partial charge in [0.2, 0.25) is 0 Å². The molecule has 7 heteroatoms. The molecule has 0 aliphatic rings. The zero-order valence-electron chi connectivity index (χ0n) is 11.2. The van der Waals surface area contributed by atoms with Crippen LogP contribution in [-0.2, 0) is 12.6 Å². The third-order valence-electron chi connectivity index (χ3n) is 3.00. The van der Waals surface area contributed by atoms with Gasteiger partial charge in [-0.05, 0) is 31.5 Å². The third kappa shape index (κ3) is 3.32. The van der Waals surface area contributed by atoms with Crippen LogP contribution in [0.5, 0.6) is 0 Å². The fourth-order valence-electron chi connectivity index (χ4n) is 1.97. The monoisotopic (exact) mass is 318 g/mol. The van der Waals surface area contributed by atoms with E-state index in [-0.39, 0.29) is 16.5 Å². The molecule has 0 N–H and O–H groups in total. The molecule has 0 saturated carbocycles. The predicted molar refractivity (Wildman–Crippen MR) is 71.6 cm³/mol. The van der Waals surface area contributed by atoms with Crippen LogP contribution < -0.4 is 0 Å². The molecule has 1 heterocycles. The molecule has 2 rings (SSSR count). The largest absolute Gasteiger partial charge is 0.416 e. The Labute approximate surface area is 123 Å². The van der Waals surface area contributed by atoms with Crippen molar-refractivity contribution in [1.82, 2.24) is 9.97 Å². The summed E-state index contributed by atoms with van der Waals surface area (Å²) < 4.78 is 51.5.